The number of hydrogen-bond acceptors (Lipinski definition) is 12. The smallest absolute Gasteiger partial charge is 0.328 e. The van der Waals surface area contributed by atoms with Crippen molar-refractivity contribution in [2.24, 2.45) is 0 Å². The van der Waals surface area contributed by atoms with E-state index in [0.717, 1.165) is 18.2 Å². The number of carboxylic acid groups (broad SMARTS) is 1. The van der Waals surface area contributed by atoms with Crippen molar-refractivity contribution in [2.45, 2.75) is 6.92 Å². The molecule has 4 aromatic rings. The highest BCUT2D eigenvalue weighted by Crippen LogP contribution is 2.33. The molecular weight excluding hydrogens is 494 g/mol. The zero-order chi connectivity index (χ0) is 27.7. The van der Waals surface area contributed by atoms with Gasteiger partial charge in [0, 0.05) is 17.7 Å². The number of rotatable bonds is 4. The molecule has 0 aliphatic rings. The number of fused-ring (bicyclic) bond motifs is 1. The molecule has 16 nitrogen and oxygen atoms in total. The summed E-state index contributed by atoms with van der Waals surface area (Å²) in [6.45, 7) is 1.36. The molecule has 2 aromatic heterocycles. The number of nitro groups is 2. The Bertz CT molecular complexity index is 1480. The molecule has 37 heavy (non-hydrogen) atoms. The van der Waals surface area contributed by atoms with Crippen molar-refractivity contribution in [1.82, 2.24) is 19.9 Å². The fourth-order valence-electron chi connectivity index (χ4n) is 2.58. The van der Waals surface area contributed by atoms with Crippen LogP contribution in [0.3, 0.4) is 0 Å². The van der Waals surface area contributed by atoms with E-state index in [1.165, 1.54) is 43.9 Å². The SMILES string of the molecule is Cc1cc([N+](=O)[O-])cc([N+](=O)[O-])c1O.Nc1ncnc2nc[nH]c12.O=C(O)/C=C/c1ccc(O)c(O)c1. The molecule has 0 aliphatic carbocycles. The first-order chi connectivity index (χ1) is 17.4. The summed E-state index contributed by atoms with van der Waals surface area (Å²) in [5, 5.41) is 56.2. The molecule has 0 saturated carbocycles. The molecule has 2 aromatic carbocycles. The van der Waals surface area contributed by atoms with Crippen LogP contribution in [0.5, 0.6) is 17.2 Å². The van der Waals surface area contributed by atoms with Gasteiger partial charge in [-0.1, -0.05) is 6.07 Å². The first-order valence-electron chi connectivity index (χ1n) is 9.85. The van der Waals surface area contributed by atoms with Crippen LogP contribution in [0.2, 0.25) is 0 Å². The Morgan fingerprint density at radius 2 is 1.73 bits per heavy atom. The van der Waals surface area contributed by atoms with Crippen LogP contribution in [-0.4, -0.2) is 56.2 Å². The third kappa shape index (κ3) is 7.60. The lowest BCUT2D eigenvalue weighted by Crippen LogP contribution is -1.94. The lowest BCUT2D eigenvalue weighted by molar-refractivity contribution is -0.394. The zero-order valence-corrected chi connectivity index (χ0v) is 18.8. The van der Waals surface area contributed by atoms with Crippen molar-refractivity contribution in [1.29, 1.82) is 0 Å². The van der Waals surface area contributed by atoms with Gasteiger partial charge in [-0.2, -0.15) is 0 Å². The predicted octanol–water partition coefficient (Wildman–Crippen LogP) is 2.65. The van der Waals surface area contributed by atoms with Crippen LogP contribution in [0.15, 0.2) is 49.1 Å². The summed E-state index contributed by atoms with van der Waals surface area (Å²) in [5.41, 5.74) is 6.33. The molecule has 4 rings (SSSR count). The number of H-pyrrole nitrogens is 1. The van der Waals surface area contributed by atoms with Gasteiger partial charge in [-0.05, 0) is 30.7 Å². The lowest BCUT2D eigenvalue weighted by Gasteiger charge is -1.99. The summed E-state index contributed by atoms with van der Waals surface area (Å²) in [7, 11) is 0. The summed E-state index contributed by atoms with van der Waals surface area (Å²) in [6, 6.07) is 5.85. The molecule has 0 fully saturated rings. The van der Waals surface area contributed by atoms with Gasteiger partial charge < -0.3 is 31.1 Å². The van der Waals surface area contributed by atoms with Crippen LogP contribution in [0.1, 0.15) is 11.1 Å². The normalized spacial score (nSPS) is 10.2. The maximum Gasteiger partial charge on any atom is 0.328 e. The molecule has 0 aliphatic heterocycles. The van der Waals surface area contributed by atoms with E-state index in [-0.39, 0.29) is 17.1 Å². The molecule has 192 valence electrons. The Labute approximate surface area is 206 Å². The second-order valence-corrected chi connectivity index (χ2v) is 6.92. The standard InChI is InChI=1S/C9H8O4.C7H6N2O5.C5H5N5/c10-7-3-1-6(5-8(7)11)2-4-9(12)13;1-4-2-5(8(11)12)3-6(7(4)10)9(13)14;6-4-3-5(9-1-7-3)10-2-8-4/h1-5,10-11H,(H,12,13);2-3,10H,1H3;1-2H,(H3,6,7,8,9,10)/b4-2+;;. The van der Waals surface area contributed by atoms with E-state index in [9.17, 15) is 30.1 Å². The average molecular weight is 513 g/mol. The Morgan fingerprint density at radius 1 is 1.03 bits per heavy atom. The second-order valence-electron chi connectivity index (χ2n) is 6.92. The third-order valence-corrected chi connectivity index (χ3v) is 4.34. The number of aromatic hydroxyl groups is 3. The number of benzene rings is 2. The number of nitrogens with zero attached hydrogens (tertiary/aromatic N) is 5. The molecule has 0 saturated heterocycles. The molecule has 0 amide bonds. The number of imidazole rings is 1. The number of phenols is 3. The van der Waals surface area contributed by atoms with Crippen LogP contribution >= 0.6 is 0 Å². The maximum atomic E-state index is 10.4. The molecular formula is C21H19N7O9. The van der Waals surface area contributed by atoms with Crippen molar-refractivity contribution in [3.8, 4) is 17.2 Å². The molecule has 16 heteroatoms. The Morgan fingerprint density at radius 3 is 2.30 bits per heavy atom. The largest absolute Gasteiger partial charge is 0.504 e. The van der Waals surface area contributed by atoms with Gasteiger partial charge in [-0.3, -0.25) is 20.2 Å². The summed E-state index contributed by atoms with van der Waals surface area (Å²) < 4.78 is 0. The molecule has 0 bridgehead atoms. The Kier molecular flexibility index (Phi) is 8.95. The minimum absolute atomic E-state index is 0.103. The van der Waals surface area contributed by atoms with Gasteiger partial charge in [0.2, 0.25) is 0 Å². The van der Waals surface area contributed by atoms with Crippen molar-refractivity contribution >= 4 is 40.4 Å². The summed E-state index contributed by atoms with van der Waals surface area (Å²) in [4.78, 5) is 43.6. The summed E-state index contributed by atoms with van der Waals surface area (Å²) in [6.07, 6.45) is 5.20. The number of aryl methyl sites for hydroxylation is 1. The van der Waals surface area contributed by atoms with Crippen molar-refractivity contribution in [2.75, 3.05) is 5.73 Å². The number of nitrogens with two attached hydrogens (primary N) is 1. The summed E-state index contributed by atoms with van der Waals surface area (Å²) >= 11 is 0. The van der Waals surface area contributed by atoms with E-state index in [4.69, 9.17) is 21.1 Å². The number of aliphatic carboxylic acids is 1. The fourth-order valence-corrected chi connectivity index (χ4v) is 2.58. The summed E-state index contributed by atoms with van der Waals surface area (Å²) in [5.74, 6) is -1.67. The van der Waals surface area contributed by atoms with Crippen LogP contribution in [-0.2, 0) is 4.79 Å². The van der Waals surface area contributed by atoms with Gasteiger partial charge >= 0.3 is 11.7 Å². The highest BCUT2D eigenvalue weighted by molar-refractivity contribution is 5.85. The number of aromatic nitrogens is 4. The number of anilines is 1. The van der Waals surface area contributed by atoms with E-state index in [1.54, 1.807) is 0 Å². The molecule has 0 unspecified atom stereocenters. The Hall–Kier alpha value is -5.80. The number of phenolic OH excluding ortho intramolecular Hbond substituents is 3. The van der Waals surface area contributed by atoms with E-state index < -0.39 is 32.9 Å². The van der Waals surface area contributed by atoms with E-state index in [2.05, 4.69) is 19.9 Å². The third-order valence-electron chi connectivity index (χ3n) is 4.34. The van der Waals surface area contributed by atoms with Crippen LogP contribution in [0.25, 0.3) is 17.2 Å². The number of carbonyl (C=O) groups is 1. The van der Waals surface area contributed by atoms with Gasteiger partial charge in [0.05, 0.1) is 22.2 Å². The van der Waals surface area contributed by atoms with Crippen molar-refractivity contribution in [3.63, 3.8) is 0 Å². The van der Waals surface area contributed by atoms with Gasteiger partial charge in [0.1, 0.15) is 11.8 Å². The highest BCUT2D eigenvalue weighted by Gasteiger charge is 2.21. The molecule has 0 atom stereocenters. The highest BCUT2D eigenvalue weighted by atomic mass is 16.6. The topological polar surface area (TPSA) is 265 Å². The second kappa shape index (κ2) is 12.1. The zero-order valence-electron chi connectivity index (χ0n) is 18.8. The number of nitrogen functional groups attached to an aromatic ring is 1. The van der Waals surface area contributed by atoms with Crippen LogP contribution < -0.4 is 5.73 Å². The van der Waals surface area contributed by atoms with Crippen molar-refractivity contribution in [3.05, 3.63) is 80.4 Å². The number of nitro benzene ring substituents is 2. The first-order valence-corrected chi connectivity index (χ1v) is 9.85. The number of hydrogen-bond donors (Lipinski definition) is 6. The number of carboxylic acids is 1. The quantitative estimate of drug-likeness (QED) is 0.0992. The monoisotopic (exact) mass is 513 g/mol. The van der Waals surface area contributed by atoms with E-state index in [1.807, 2.05) is 0 Å². The van der Waals surface area contributed by atoms with Gasteiger partial charge in [-0.15, -0.1) is 0 Å². The average Bonchev–Trinajstić information content (AvgIpc) is 3.32. The fraction of sp³-hybridized carbons (Fsp3) is 0.0476. The lowest BCUT2D eigenvalue weighted by atomic mass is 10.1. The van der Waals surface area contributed by atoms with E-state index >= 15 is 0 Å². The van der Waals surface area contributed by atoms with Gasteiger partial charge in [0.15, 0.2) is 28.7 Å². The van der Waals surface area contributed by atoms with Crippen LogP contribution in [0, 0.1) is 27.2 Å². The minimum atomic E-state index is -1.06. The van der Waals surface area contributed by atoms with E-state index in [0.29, 0.717) is 22.5 Å². The molecule has 2 heterocycles. The van der Waals surface area contributed by atoms with Crippen molar-refractivity contribution < 1.29 is 35.1 Å². The molecule has 0 spiro atoms. The molecule has 0 radical (unpaired) electrons. The Balaban J connectivity index is 0.000000197. The first kappa shape index (κ1) is 27.4. The van der Waals surface area contributed by atoms with Gasteiger partial charge in [0.25, 0.3) is 5.69 Å². The molecule has 7 N–H and O–H groups in total. The maximum absolute atomic E-state index is 10.4. The number of aromatic amines is 1. The predicted molar refractivity (Wildman–Crippen MR) is 129 cm³/mol. The minimum Gasteiger partial charge on any atom is -0.504 e. The van der Waals surface area contributed by atoms with Crippen LogP contribution in [0.4, 0.5) is 17.2 Å². The van der Waals surface area contributed by atoms with Gasteiger partial charge in [-0.25, -0.2) is 19.7 Å². The number of nitrogens with one attached hydrogen (secondary N) is 1. The number of non-ortho nitro benzene ring substituents is 1.